The van der Waals surface area contributed by atoms with Crippen LogP contribution in [0.4, 0.5) is 11.4 Å². The number of benzene rings is 2. The van der Waals surface area contributed by atoms with Gasteiger partial charge in [-0.25, -0.2) is 4.98 Å². The number of imidazole rings is 1. The van der Waals surface area contributed by atoms with E-state index in [1.165, 1.54) is 12.8 Å². The maximum absolute atomic E-state index is 12.8. The molecule has 0 bridgehead atoms. The van der Waals surface area contributed by atoms with E-state index in [1.54, 1.807) is 0 Å². The van der Waals surface area contributed by atoms with Gasteiger partial charge in [0.1, 0.15) is 5.82 Å². The number of anilines is 2. The molecule has 3 aromatic rings. The van der Waals surface area contributed by atoms with E-state index in [2.05, 4.69) is 29.5 Å². The standard InChI is InChI=1S/C29H36N4O2/c1-18-7-3-5-9-23(18)28(34)30-21-13-11-20(12-14-21)27-32-25-16-15-22(17-26(25)33-27)31-29(35)24-10-6-4-8-19(24)2/h11-19,23-24H,3-10H2,1-2H3,(H,30,34)(H,31,35)(H,32,33). The number of hydrogen-bond acceptors (Lipinski definition) is 3. The summed E-state index contributed by atoms with van der Waals surface area (Å²) in [6.07, 6.45) is 8.93. The fourth-order valence-electron chi connectivity index (χ4n) is 5.82. The second-order valence-corrected chi connectivity index (χ2v) is 10.6. The molecule has 3 N–H and O–H groups in total. The molecular formula is C29H36N4O2. The maximum atomic E-state index is 12.8. The zero-order chi connectivity index (χ0) is 24.4. The van der Waals surface area contributed by atoms with Gasteiger partial charge >= 0.3 is 0 Å². The summed E-state index contributed by atoms with van der Waals surface area (Å²) in [6.45, 7) is 4.36. The highest BCUT2D eigenvalue weighted by Gasteiger charge is 2.28. The molecule has 2 saturated carbocycles. The number of hydrogen-bond donors (Lipinski definition) is 3. The van der Waals surface area contributed by atoms with Crippen molar-refractivity contribution in [3.63, 3.8) is 0 Å². The Bertz CT molecular complexity index is 1200. The Balaban J connectivity index is 1.26. The molecule has 0 spiro atoms. The third-order valence-corrected chi connectivity index (χ3v) is 8.07. The molecule has 6 nitrogen and oxygen atoms in total. The number of carbonyl (C=O) groups excluding carboxylic acids is 2. The lowest BCUT2D eigenvalue weighted by atomic mass is 9.80. The van der Waals surface area contributed by atoms with Crippen molar-refractivity contribution >= 4 is 34.2 Å². The summed E-state index contributed by atoms with van der Waals surface area (Å²) in [5, 5.41) is 6.21. The molecule has 5 rings (SSSR count). The van der Waals surface area contributed by atoms with Crippen LogP contribution in [0.3, 0.4) is 0 Å². The molecule has 2 amide bonds. The van der Waals surface area contributed by atoms with Gasteiger partial charge in [0.2, 0.25) is 11.8 Å². The van der Waals surface area contributed by atoms with E-state index in [0.717, 1.165) is 72.3 Å². The number of H-pyrrole nitrogens is 1. The lowest BCUT2D eigenvalue weighted by Crippen LogP contribution is -2.30. The Hall–Kier alpha value is -3.15. The predicted molar refractivity (Wildman–Crippen MR) is 141 cm³/mol. The van der Waals surface area contributed by atoms with E-state index in [4.69, 9.17) is 4.98 Å². The van der Waals surface area contributed by atoms with Gasteiger partial charge in [-0.15, -0.1) is 0 Å². The Labute approximate surface area is 207 Å². The van der Waals surface area contributed by atoms with Gasteiger partial charge in [-0.2, -0.15) is 0 Å². The molecular weight excluding hydrogens is 436 g/mol. The smallest absolute Gasteiger partial charge is 0.227 e. The molecule has 4 atom stereocenters. The number of nitrogens with zero attached hydrogens (tertiary/aromatic N) is 1. The molecule has 2 aliphatic carbocycles. The van der Waals surface area contributed by atoms with Crippen LogP contribution >= 0.6 is 0 Å². The molecule has 6 heteroatoms. The Kier molecular flexibility index (Phi) is 6.89. The SMILES string of the molecule is CC1CCCCC1C(=O)Nc1ccc(-c2nc3ccc(NC(=O)C4CCCCC4C)cc3[nH]2)cc1. The summed E-state index contributed by atoms with van der Waals surface area (Å²) in [5.74, 6) is 2.10. The van der Waals surface area contributed by atoms with Gasteiger partial charge < -0.3 is 15.6 Å². The van der Waals surface area contributed by atoms with E-state index in [1.807, 2.05) is 42.5 Å². The van der Waals surface area contributed by atoms with Gasteiger partial charge in [0.25, 0.3) is 0 Å². The van der Waals surface area contributed by atoms with E-state index >= 15 is 0 Å². The van der Waals surface area contributed by atoms with Crippen molar-refractivity contribution in [2.24, 2.45) is 23.7 Å². The highest BCUT2D eigenvalue weighted by atomic mass is 16.2. The normalized spacial score (nSPS) is 24.7. The minimum absolute atomic E-state index is 0.0945. The van der Waals surface area contributed by atoms with Crippen molar-refractivity contribution in [2.75, 3.05) is 10.6 Å². The lowest BCUT2D eigenvalue weighted by molar-refractivity contribution is -0.123. The Morgan fingerprint density at radius 1 is 0.771 bits per heavy atom. The molecule has 1 heterocycles. The van der Waals surface area contributed by atoms with E-state index < -0.39 is 0 Å². The molecule has 0 aliphatic heterocycles. The summed E-state index contributed by atoms with van der Waals surface area (Å²) in [6, 6.07) is 13.6. The molecule has 1 aromatic heterocycles. The van der Waals surface area contributed by atoms with Gasteiger partial charge in [-0.3, -0.25) is 9.59 Å². The number of carbonyl (C=O) groups is 2. The average Bonchev–Trinajstić information content (AvgIpc) is 3.28. The maximum Gasteiger partial charge on any atom is 0.227 e. The highest BCUT2D eigenvalue weighted by molar-refractivity contribution is 5.95. The van der Waals surface area contributed by atoms with Crippen molar-refractivity contribution in [1.29, 1.82) is 0 Å². The zero-order valence-electron chi connectivity index (χ0n) is 20.8. The second kappa shape index (κ2) is 10.2. The number of amides is 2. The monoisotopic (exact) mass is 472 g/mol. The highest BCUT2D eigenvalue weighted by Crippen LogP contribution is 2.32. The topological polar surface area (TPSA) is 86.9 Å². The fourth-order valence-corrected chi connectivity index (χ4v) is 5.82. The van der Waals surface area contributed by atoms with Gasteiger partial charge in [-0.1, -0.05) is 39.5 Å². The van der Waals surface area contributed by atoms with Gasteiger partial charge in [0, 0.05) is 28.8 Å². The first-order chi connectivity index (χ1) is 17.0. The number of rotatable bonds is 5. The van der Waals surface area contributed by atoms with Crippen LogP contribution in [0.2, 0.25) is 0 Å². The molecule has 0 radical (unpaired) electrons. The van der Waals surface area contributed by atoms with Crippen LogP contribution in [0.25, 0.3) is 22.4 Å². The van der Waals surface area contributed by atoms with Crippen LogP contribution in [0, 0.1) is 23.7 Å². The number of aromatic nitrogens is 2. The lowest BCUT2D eigenvalue weighted by Gasteiger charge is -2.27. The summed E-state index contributed by atoms with van der Waals surface area (Å²) in [7, 11) is 0. The van der Waals surface area contributed by atoms with Crippen molar-refractivity contribution in [3.8, 4) is 11.4 Å². The van der Waals surface area contributed by atoms with Crippen LogP contribution in [-0.2, 0) is 9.59 Å². The Morgan fingerprint density at radius 3 is 1.91 bits per heavy atom. The van der Waals surface area contributed by atoms with Gasteiger partial charge in [0.15, 0.2) is 0 Å². The zero-order valence-corrected chi connectivity index (χ0v) is 20.8. The minimum Gasteiger partial charge on any atom is -0.338 e. The molecule has 2 aliphatic rings. The van der Waals surface area contributed by atoms with Crippen LogP contribution in [0.15, 0.2) is 42.5 Å². The number of fused-ring (bicyclic) bond motifs is 1. The van der Waals surface area contributed by atoms with Crippen molar-refractivity contribution < 1.29 is 9.59 Å². The van der Waals surface area contributed by atoms with E-state index in [0.29, 0.717) is 11.8 Å². The van der Waals surface area contributed by atoms with Crippen LogP contribution < -0.4 is 10.6 Å². The minimum atomic E-state index is 0.0945. The molecule has 2 aromatic carbocycles. The molecule has 0 saturated heterocycles. The molecule has 184 valence electrons. The fraction of sp³-hybridized carbons (Fsp3) is 0.483. The largest absolute Gasteiger partial charge is 0.338 e. The van der Waals surface area contributed by atoms with Crippen LogP contribution in [-0.4, -0.2) is 21.8 Å². The van der Waals surface area contributed by atoms with Gasteiger partial charge in [-0.05, 0) is 80.0 Å². The molecule has 2 fully saturated rings. The van der Waals surface area contributed by atoms with Gasteiger partial charge in [0.05, 0.1) is 11.0 Å². The predicted octanol–water partition coefficient (Wildman–Crippen LogP) is 6.76. The molecule has 4 unspecified atom stereocenters. The first-order valence-corrected chi connectivity index (χ1v) is 13.2. The van der Waals surface area contributed by atoms with Crippen molar-refractivity contribution in [3.05, 3.63) is 42.5 Å². The van der Waals surface area contributed by atoms with E-state index in [-0.39, 0.29) is 23.7 Å². The number of aromatic amines is 1. The van der Waals surface area contributed by atoms with Crippen LogP contribution in [0.5, 0.6) is 0 Å². The van der Waals surface area contributed by atoms with E-state index in [9.17, 15) is 9.59 Å². The quantitative estimate of drug-likeness (QED) is 0.383. The van der Waals surface area contributed by atoms with Crippen molar-refractivity contribution in [1.82, 2.24) is 9.97 Å². The first kappa shape index (κ1) is 23.6. The average molecular weight is 473 g/mol. The van der Waals surface area contributed by atoms with Crippen LogP contribution in [0.1, 0.15) is 65.2 Å². The Morgan fingerprint density at radius 2 is 1.31 bits per heavy atom. The van der Waals surface area contributed by atoms with Crippen molar-refractivity contribution in [2.45, 2.75) is 65.2 Å². The summed E-state index contributed by atoms with van der Waals surface area (Å²) < 4.78 is 0. The first-order valence-electron chi connectivity index (χ1n) is 13.2. The third kappa shape index (κ3) is 5.26. The summed E-state index contributed by atoms with van der Waals surface area (Å²) in [4.78, 5) is 33.6. The third-order valence-electron chi connectivity index (χ3n) is 8.07. The summed E-state index contributed by atoms with van der Waals surface area (Å²) >= 11 is 0. The number of nitrogens with one attached hydrogen (secondary N) is 3. The molecule has 35 heavy (non-hydrogen) atoms. The second-order valence-electron chi connectivity index (χ2n) is 10.6. The summed E-state index contributed by atoms with van der Waals surface area (Å²) in [5.41, 5.74) is 4.30.